The zero-order chi connectivity index (χ0) is 19.2. The number of β-amino-alcohol motifs (C(OH)–C–C–N with tert-alkyl or cyclic N) is 1. The lowest BCUT2D eigenvalue weighted by molar-refractivity contribution is -0.384. The first-order valence-corrected chi connectivity index (χ1v) is 9.26. The third kappa shape index (κ3) is 4.75. The highest BCUT2D eigenvalue weighted by Crippen LogP contribution is 2.32. The molecular weight excluding hydrogens is 344 g/mol. The quantitative estimate of drug-likeness (QED) is 0.576. The number of nitro benzene ring substituents is 1. The van der Waals surface area contributed by atoms with Gasteiger partial charge in [-0.1, -0.05) is 30.3 Å². The summed E-state index contributed by atoms with van der Waals surface area (Å²) in [5.74, 6) is 0. The largest absolute Gasteiger partial charge is 0.395 e. The van der Waals surface area contributed by atoms with Crippen LogP contribution in [0.15, 0.2) is 48.5 Å². The van der Waals surface area contributed by atoms with E-state index in [1.807, 2.05) is 49.4 Å². The summed E-state index contributed by atoms with van der Waals surface area (Å²) in [5.41, 5.74) is 2.67. The van der Waals surface area contributed by atoms with Crippen molar-refractivity contribution in [1.82, 2.24) is 4.90 Å². The normalized spacial score (nSPS) is 16.1. The van der Waals surface area contributed by atoms with E-state index in [9.17, 15) is 10.1 Å². The van der Waals surface area contributed by atoms with E-state index in [2.05, 4.69) is 15.1 Å². The number of aliphatic hydroxyl groups is 1. The molecule has 7 nitrogen and oxygen atoms in total. The lowest BCUT2D eigenvalue weighted by Crippen LogP contribution is -2.47. The fraction of sp³-hybridized carbons (Fsp3) is 0.400. The molecule has 2 N–H and O–H groups in total. The Kier molecular flexibility index (Phi) is 6.26. The molecular formula is C20H26N4O3. The summed E-state index contributed by atoms with van der Waals surface area (Å²) in [4.78, 5) is 15.6. The first-order valence-electron chi connectivity index (χ1n) is 9.26. The molecule has 0 saturated carbocycles. The molecule has 1 atom stereocenters. The maximum atomic E-state index is 11.5. The van der Waals surface area contributed by atoms with E-state index >= 15 is 0 Å². The van der Waals surface area contributed by atoms with Crippen molar-refractivity contribution in [2.24, 2.45) is 0 Å². The van der Waals surface area contributed by atoms with Gasteiger partial charge in [0.05, 0.1) is 11.5 Å². The molecule has 144 valence electrons. The number of rotatable bonds is 7. The van der Waals surface area contributed by atoms with Crippen LogP contribution < -0.4 is 10.2 Å². The minimum atomic E-state index is -0.344. The molecule has 27 heavy (non-hydrogen) atoms. The average molecular weight is 370 g/mol. The smallest absolute Gasteiger partial charge is 0.292 e. The number of aliphatic hydroxyl groups excluding tert-OH is 1. The number of nitrogens with zero attached hydrogens (tertiary/aromatic N) is 3. The van der Waals surface area contributed by atoms with Gasteiger partial charge in [0.15, 0.2) is 0 Å². The number of nitrogens with one attached hydrogen (secondary N) is 1. The van der Waals surface area contributed by atoms with Gasteiger partial charge >= 0.3 is 0 Å². The number of hydrogen-bond acceptors (Lipinski definition) is 6. The molecule has 3 rings (SSSR count). The molecule has 0 amide bonds. The zero-order valence-corrected chi connectivity index (χ0v) is 15.5. The molecule has 0 spiro atoms. The molecule has 0 bridgehead atoms. The number of nitro groups is 1. The van der Waals surface area contributed by atoms with Gasteiger partial charge in [-0.25, -0.2) is 0 Å². The molecule has 0 aromatic heterocycles. The number of piperazine rings is 1. The Bertz CT molecular complexity index is 761. The van der Waals surface area contributed by atoms with Crippen LogP contribution in [0, 0.1) is 10.1 Å². The van der Waals surface area contributed by atoms with E-state index in [-0.39, 0.29) is 23.3 Å². The van der Waals surface area contributed by atoms with Gasteiger partial charge < -0.3 is 15.3 Å². The third-order valence-corrected chi connectivity index (χ3v) is 5.00. The standard InChI is InChI=1S/C20H26N4O3/c1-16(17-5-3-2-4-6-17)21-19-15-18(7-8-20(19)24(26)27)23-11-9-22(10-12-23)13-14-25/h2-8,15-16,21,25H,9-14H2,1H3/t16-/m1/s1. The van der Waals surface area contributed by atoms with Crippen LogP contribution in [0.2, 0.25) is 0 Å². The van der Waals surface area contributed by atoms with Gasteiger partial charge in [-0.05, 0) is 24.6 Å². The molecule has 1 aliphatic heterocycles. The van der Waals surface area contributed by atoms with Crippen LogP contribution in [0.3, 0.4) is 0 Å². The lowest BCUT2D eigenvalue weighted by Gasteiger charge is -2.36. The molecule has 1 fully saturated rings. The first-order chi connectivity index (χ1) is 13.1. The molecule has 7 heteroatoms. The van der Waals surface area contributed by atoms with Crippen molar-refractivity contribution >= 4 is 17.1 Å². The van der Waals surface area contributed by atoms with Gasteiger partial charge in [0.1, 0.15) is 5.69 Å². The Morgan fingerprint density at radius 3 is 2.48 bits per heavy atom. The van der Waals surface area contributed by atoms with E-state index in [1.165, 1.54) is 0 Å². The van der Waals surface area contributed by atoms with E-state index < -0.39 is 0 Å². The van der Waals surface area contributed by atoms with E-state index in [0.29, 0.717) is 12.2 Å². The van der Waals surface area contributed by atoms with Gasteiger partial charge in [0.2, 0.25) is 0 Å². The molecule has 1 saturated heterocycles. The SMILES string of the molecule is C[C@@H](Nc1cc(N2CCN(CCO)CC2)ccc1[N+](=O)[O-])c1ccccc1. The highest BCUT2D eigenvalue weighted by Gasteiger charge is 2.21. The first kappa shape index (κ1) is 19.1. The lowest BCUT2D eigenvalue weighted by atomic mass is 10.1. The number of benzene rings is 2. The molecule has 0 unspecified atom stereocenters. The van der Waals surface area contributed by atoms with Gasteiger partial charge in [0, 0.05) is 50.5 Å². The Hall–Kier alpha value is -2.64. The second-order valence-electron chi connectivity index (χ2n) is 6.79. The molecule has 0 radical (unpaired) electrons. The predicted octanol–water partition coefficient (Wildman–Crippen LogP) is 2.88. The molecule has 0 aliphatic carbocycles. The second kappa shape index (κ2) is 8.83. The van der Waals surface area contributed by atoms with Gasteiger partial charge in [-0.2, -0.15) is 0 Å². The maximum Gasteiger partial charge on any atom is 0.292 e. The van der Waals surface area contributed by atoms with Crippen molar-refractivity contribution in [3.8, 4) is 0 Å². The van der Waals surface area contributed by atoms with Crippen molar-refractivity contribution in [1.29, 1.82) is 0 Å². The zero-order valence-electron chi connectivity index (χ0n) is 15.5. The van der Waals surface area contributed by atoms with Crippen molar-refractivity contribution in [2.45, 2.75) is 13.0 Å². The highest BCUT2D eigenvalue weighted by molar-refractivity contribution is 5.69. The summed E-state index contributed by atoms with van der Waals surface area (Å²) in [6.07, 6.45) is 0. The fourth-order valence-corrected chi connectivity index (χ4v) is 3.42. The van der Waals surface area contributed by atoms with Crippen LogP contribution in [-0.4, -0.2) is 54.3 Å². The second-order valence-corrected chi connectivity index (χ2v) is 6.79. The average Bonchev–Trinajstić information content (AvgIpc) is 2.69. The van der Waals surface area contributed by atoms with E-state index in [4.69, 9.17) is 5.11 Å². The summed E-state index contributed by atoms with van der Waals surface area (Å²) < 4.78 is 0. The van der Waals surface area contributed by atoms with Crippen molar-refractivity contribution in [3.05, 3.63) is 64.2 Å². The Morgan fingerprint density at radius 1 is 1.15 bits per heavy atom. The summed E-state index contributed by atoms with van der Waals surface area (Å²) in [6.45, 7) is 6.29. The minimum Gasteiger partial charge on any atom is -0.395 e. The van der Waals surface area contributed by atoms with E-state index in [1.54, 1.807) is 6.07 Å². The van der Waals surface area contributed by atoms with Gasteiger partial charge in [0.25, 0.3) is 5.69 Å². The Labute approximate surface area is 159 Å². The topological polar surface area (TPSA) is 81.9 Å². The molecule has 2 aromatic carbocycles. The summed E-state index contributed by atoms with van der Waals surface area (Å²) in [6, 6.07) is 15.1. The summed E-state index contributed by atoms with van der Waals surface area (Å²) >= 11 is 0. The number of hydrogen-bond donors (Lipinski definition) is 2. The van der Waals surface area contributed by atoms with Crippen molar-refractivity contribution in [2.75, 3.05) is 49.5 Å². The van der Waals surface area contributed by atoms with Gasteiger partial charge in [-0.3, -0.25) is 15.0 Å². The monoisotopic (exact) mass is 370 g/mol. The van der Waals surface area contributed by atoms with Gasteiger partial charge in [-0.15, -0.1) is 0 Å². The summed E-state index contributed by atoms with van der Waals surface area (Å²) in [5, 5.41) is 23.8. The third-order valence-electron chi connectivity index (χ3n) is 5.00. The van der Waals surface area contributed by atoms with Crippen molar-refractivity contribution in [3.63, 3.8) is 0 Å². The Balaban J connectivity index is 1.78. The van der Waals surface area contributed by atoms with Crippen LogP contribution in [0.1, 0.15) is 18.5 Å². The molecule has 1 aliphatic rings. The molecule has 2 aromatic rings. The van der Waals surface area contributed by atoms with Crippen LogP contribution in [0.4, 0.5) is 17.1 Å². The van der Waals surface area contributed by atoms with Crippen LogP contribution in [0.25, 0.3) is 0 Å². The van der Waals surface area contributed by atoms with Crippen LogP contribution >= 0.6 is 0 Å². The van der Waals surface area contributed by atoms with Crippen LogP contribution in [0.5, 0.6) is 0 Å². The minimum absolute atomic E-state index is 0.0402. The Morgan fingerprint density at radius 2 is 1.85 bits per heavy atom. The van der Waals surface area contributed by atoms with Crippen LogP contribution in [-0.2, 0) is 0 Å². The highest BCUT2D eigenvalue weighted by atomic mass is 16.6. The van der Waals surface area contributed by atoms with E-state index in [0.717, 1.165) is 37.4 Å². The van der Waals surface area contributed by atoms with Crippen molar-refractivity contribution < 1.29 is 10.0 Å². The summed E-state index contributed by atoms with van der Waals surface area (Å²) in [7, 11) is 0. The number of anilines is 2. The maximum absolute atomic E-state index is 11.5. The fourth-order valence-electron chi connectivity index (χ4n) is 3.42. The molecule has 1 heterocycles. The predicted molar refractivity (Wildman–Crippen MR) is 107 cm³/mol.